The zero-order chi connectivity index (χ0) is 18.1. The van der Waals surface area contributed by atoms with Crippen molar-refractivity contribution in [3.63, 3.8) is 0 Å². The molecule has 0 atom stereocenters. The third kappa shape index (κ3) is 3.02. The summed E-state index contributed by atoms with van der Waals surface area (Å²) >= 11 is 1.54. The lowest BCUT2D eigenvalue weighted by Gasteiger charge is -2.02. The molecule has 1 amide bonds. The van der Waals surface area contributed by atoms with Crippen LogP contribution >= 0.6 is 11.3 Å². The molecule has 0 unspecified atom stereocenters. The van der Waals surface area contributed by atoms with Crippen LogP contribution in [0.15, 0.2) is 65.7 Å². The van der Waals surface area contributed by atoms with Gasteiger partial charge in [0.1, 0.15) is 5.75 Å². The predicted octanol–water partition coefficient (Wildman–Crippen LogP) is 4.07. The molecule has 130 valence electrons. The van der Waals surface area contributed by atoms with E-state index < -0.39 is 0 Å². The maximum Gasteiger partial charge on any atom is 0.252 e. The molecule has 0 aliphatic carbocycles. The second-order valence-corrected chi connectivity index (χ2v) is 7.12. The lowest BCUT2D eigenvalue weighted by molar-refractivity contribution is -0.117. The van der Waals surface area contributed by atoms with Crippen molar-refractivity contribution in [2.24, 2.45) is 12.0 Å². The second kappa shape index (κ2) is 6.77. The van der Waals surface area contributed by atoms with E-state index in [4.69, 9.17) is 4.74 Å². The minimum Gasteiger partial charge on any atom is -0.497 e. The fourth-order valence-electron chi connectivity index (χ4n) is 3.09. The molecule has 0 aliphatic heterocycles. The molecular formula is C21H18N2O2S. The lowest BCUT2D eigenvalue weighted by atomic mass is 10.1. The van der Waals surface area contributed by atoms with Crippen molar-refractivity contribution in [3.05, 3.63) is 71.0 Å². The summed E-state index contributed by atoms with van der Waals surface area (Å²) in [6.45, 7) is 0. The lowest BCUT2D eigenvalue weighted by Crippen LogP contribution is -2.14. The molecule has 1 aromatic heterocycles. The topological polar surface area (TPSA) is 43.6 Å². The van der Waals surface area contributed by atoms with E-state index in [9.17, 15) is 4.79 Å². The number of methoxy groups -OCH3 is 1. The first-order chi connectivity index (χ1) is 12.7. The highest BCUT2D eigenvalue weighted by Crippen LogP contribution is 2.26. The average Bonchev–Trinajstić information content (AvgIpc) is 2.98. The van der Waals surface area contributed by atoms with E-state index in [2.05, 4.69) is 29.3 Å². The van der Waals surface area contributed by atoms with Crippen LogP contribution in [-0.4, -0.2) is 17.6 Å². The molecule has 26 heavy (non-hydrogen) atoms. The average molecular weight is 362 g/mol. The third-order valence-corrected chi connectivity index (χ3v) is 5.52. The van der Waals surface area contributed by atoms with Gasteiger partial charge < -0.3 is 9.30 Å². The van der Waals surface area contributed by atoms with Gasteiger partial charge in [0, 0.05) is 12.4 Å². The summed E-state index contributed by atoms with van der Waals surface area (Å²) in [4.78, 5) is 17.5. The number of carbonyl (C=O) groups excluding carboxylic acids is 1. The van der Waals surface area contributed by atoms with Crippen molar-refractivity contribution in [2.75, 3.05) is 7.11 Å². The number of amides is 1. The Morgan fingerprint density at radius 2 is 1.85 bits per heavy atom. The Morgan fingerprint density at radius 3 is 2.62 bits per heavy atom. The van der Waals surface area contributed by atoms with Crippen molar-refractivity contribution in [1.82, 2.24) is 4.57 Å². The minimum atomic E-state index is -0.151. The van der Waals surface area contributed by atoms with Crippen LogP contribution in [0.4, 0.5) is 0 Å². The van der Waals surface area contributed by atoms with Gasteiger partial charge in [0.15, 0.2) is 4.80 Å². The van der Waals surface area contributed by atoms with Gasteiger partial charge in [-0.25, -0.2) is 0 Å². The highest BCUT2D eigenvalue weighted by Gasteiger charge is 2.09. The van der Waals surface area contributed by atoms with Crippen molar-refractivity contribution in [1.29, 1.82) is 0 Å². The molecule has 4 nitrogen and oxygen atoms in total. The summed E-state index contributed by atoms with van der Waals surface area (Å²) in [7, 11) is 3.59. The number of thiazole rings is 1. The normalized spacial score (nSPS) is 12.0. The van der Waals surface area contributed by atoms with E-state index in [0.717, 1.165) is 26.3 Å². The number of aryl methyl sites for hydroxylation is 1. The molecule has 3 aromatic carbocycles. The summed E-state index contributed by atoms with van der Waals surface area (Å²) in [5.41, 5.74) is 2.04. The van der Waals surface area contributed by atoms with E-state index >= 15 is 0 Å². The quantitative estimate of drug-likeness (QED) is 0.551. The van der Waals surface area contributed by atoms with Gasteiger partial charge in [-0.3, -0.25) is 4.79 Å². The number of ether oxygens (including phenoxy) is 1. The van der Waals surface area contributed by atoms with Gasteiger partial charge in [0.05, 0.1) is 23.7 Å². The number of benzene rings is 3. The Bertz CT molecular complexity index is 1170. The number of aromatic nitrogens is 1. The number of carbonyl (C=O) groups is 1. The Balaban J connectivity index is 1.72. The molecule has 4 aromatic rings. The molecule has 1 heterocycles. The molecule has 5 heteroatoms. The fraction of sp³-hybridized carbons (Fsp3) is 0.143. The van der Waals surface area contributed by atoms with Gasteiger partial charge in [-0.2, -0.15) is 4.99 Å². The van der Waals surface area contributed by atoms with Gasteiger partial charge in [0.2, 0.25) is 0 Å². The van der Waals surface area contributed by atoms with E-state index in [1.807, 2.05) is 48.0 Å². The molecule has 0 radical (unpaired) electrons. The van der Waals surface area contributed by atoms with Crippen LogP contribution < -0.4 is 9.54 Å². The molecule has 0 aliphatic rings. The van der Waals surface area contributed by atoms with Crippen LogP contribution in [0.25, 0.3) is 21.0 Å². The number of nitrogens with zero attached hydrogens (tertiary/aromatic N) is 2. The Morgan fingerprint density at radius 1 is 1.08 bits per heavy atom. The number of hydrogen-bond donors (Lipinski definition) is 0. The van der Waals surface area contributed by atoms with Crippen LogP contribution in [0.2, 0.25) is 0 Å². The summed E-state index contributed by atoms with van der Waals surface area (Å²) in [5.74, 6) is 0.627. The Labute approximate surface area is 155 Å². The maximum absolute atomic E-state index is 12.4. The minimum absolute atomic E-state index is 0.151. The molecule has 0 N–H and O–H groups in total. The third-order valence-electron chi connectivity index (χ3n) is 4.42. The number of fused-ring (bicyclic) bond motifs is 3. The number of rotatable bonds is 3. The molecule has 0 spiro atoms. The summed E-state index contributed by atoms with van der Waals surface area (Å²) in [5, 5.41) is 2.36. The van der Waals surface area contributed by atoms with Gasteiger partial charge in [0.25, 0.3) is 5.91 Å². The first-order valence-corrected chi connectivity index (χ1v) is 9.15. The van der Waals surface area contributed by atoms with Gasteiger partial charge >= 0.3 is 0 Å². The second-order valence-electron chi connectivity index (χ2n) is 6.11. The van der Waals surface area contributed by atoms with Crippen LogP contribution in [0, 0.1) is 0 Å². The molecular weight excluding hydrogens is 344 g/mol. The largest absolute Gasteiger partial charge is 0.497 e. The smallest absolute Gasteiger partial charge is 0.252 e. The highest BCUT2D eigenvalue weighted by molar-refractivity contribution is 7.16. The van der Waals surface area contributed by atoms with Gasteiger partial charge in [-0.15, -0.1) is 0 Å². The molecule has 0 saturated heterocycles. The van der Waals surface area contributed by atoms with Crippen molar-refractivity contribution < 1.29 is 9.53 Å². The highest BCUT2D eigenvalue weighted by atomic mass is 32.1. The first-order valence-electron chi connectivity index (χ1n) is 8.33. The summed E-state index contributed by atoms with van der Waals surface area (Å²) in [6, 6.07) is 20.0. The van der Waals surface area contributed by atoms with E-state index in [1.54, 1.807) is 7.11 Å². The molecule has 0 saturated carbocycles. The van der Waals surface area contributed by atoms with E-state index in [0.29, 0.717) is 0 Å². The maximum atomic E-state index is 12.4. The molecule has 0 bridgehead atoms. The predicted molar refractivity (Wildman–Crippen MR) is 106 cm³/mol. The van der Waals surface area contributed by atoms with E-state index in [1.165, 1.54) is 22.1 Å². The summed E-state index contributed by atoms with van der Waals surface area (Å²) < 4.78 is 8.28. The standard InChI is InChI=1S/C21H18N2O2S/c1-23-20-17-6-4-3-5-15(17)9-12-18(20)26-21(23)22-19(24)13-14-7-10-16(25-2)11-8-14/h3-12H,13H2,1-2H3. The van der Waals surface area contributed by atoms with Crippen LogP contribution in [0.1, 0.15) is 5.56 Å². The van der Waals surface area contributed by atoms with Crippen molar-refractivity contribution in [3.8, 4) is 5.75 Å². The molecule has 4 rings (SSSR count). The molecule has 0 fully saturated rings. The Hall–Kier alpha value is -2.92. The van der Waals surface area contributed by atoms with Crippen molar-refractivity contribution >= 4 is 38.2 Å². The first kappa shape index (κ1) is 16.5. The fourth-order valence-corrected chi connectivity index (χ4v) is 4.14. The SMILES string of the molecule is COc1ccc(CC(=O)N=c2sc3ccc4ccccc4c3n2C)cc1. The van der Waals surface area contributed by atoms with E-state index in [-0.39, 0.29) is 12.3 Å². The summed E-state index contributed by atoms with van der Waals surface area (Å²) in [6.07, 6.45) is 0.277. The number of hydrogen-bond acceptors (Lipinski definition) is 3. The van der Waals surface area contributed by atoms with Crippen molar-refractivity contribution in [2.45, 2.75) is 6.42 Å². The zero-order valence-corrected chi connectivity index (χ0v) is 15.4. The van der Waals surface area contributed by atoms with Crippen LogP contribution in [0.3, 0.4) is 0 Å². The van der Waals surface area contributed by atoms with Gasteiger partial charge in [-0.1, -0.05) is 53.8 Å². The zero-order valence-electron chi connectivity index (χ0n) is 14.6. The van der Waals surface area contributed by atoms with Gasteiger partial charge in [-0.05, 0) is 29.1 Å². The monoisotopic (exact) mass is 362 g/mol. The van der Waals surface area contributed by atoms with Crippen LogP contribution in [0.5, 0.6) is 5.75 Å². The van der Waals surface area contributed by atoms with Crippen LogP contribution in [-0.2, 0) is 18.3 Å². The Kier molecular flexibility index (Phi) is 4.31.